The number of hydrogen-bond donors (Lipinski definition) is 2. The Kier molecular flexibility index (Phi) is 6.68. The van der Waals surface area contributed by atoms with Crippen molar-refractivity contribution in [1.82, 2.24) is 9.88 Å². The van der Waals surface area contributed by atoms with Crippen LogP contribution >= 0.6 is 0 Å². The maximum absolute atomic E-state index is 14.5. The number of ether oxygens (including phenoxy) is 1. The number of likely N-dealkylation sites (tertiary alicyclic amines) is 1. The summed E-state index contributed by atoms with van der Waals surface area (Å²) in [6, 6.07) is 5.10. The lowest BCUT2D eigenvalue weighted by Gasteiger charge is -2.36. The first-order chi connectivity index (χ1) is 13.9. The zero-order valence-corrected chi connectivity index (χ0v) is 16.3. The lowest BCUT2D eigenvalue weighted by atomic mass is 9.81. The fourth-order valence-electron chi connectivity index (χ4n) is 4.12. The molecule has 0 spiro atoms. The van der Waals surface area contributed by atoms with Gasteiger partial charge < -0.3 is 14.9 Å². The summed E-state index contributed by atoms with van der Waals surface area (Å²) in [6.45, 7) is 1.54. The summed E-state index contributed by atoms with van der Waals surface area (Å²) in [5.41, 5.74) is 0.734. The molecule has 2 heterocycles. The number of nitrogens with zero attached hydrogens (tertiary/aromatic N) is 2. The number of hydrogen-bond acceptors (Lipinski definition) is 5. The number of piperidine rings is 1. The van der Waals surface area contributed by atoms with Crippen LogP contribution < -0.4 is 4.74 Å². The zero-order valence-electron chi connectivity index (χ0n) is 16.3. The van der Waals surface area contributed by atoms with Gasteiger partial charge in [-0.2, -0.15) is 0 Å². The number of carbonyl (C=O) groups is 1. The van der Waals surface area contributed by atoms with Gasteiger partial charge in [-0.25, -0.2) is 4.39 Å². The second-order valence-electron chi connectivity index (χ2n) is 7.43. The average molecular weight is 400 g/mol. The van der Waals surface area contributed by atoms with Crippen LogP contribution in [-0.2, 0) is 4.79 Å². The Hall–Kier alpha value is -2.69. The molecule has 1 aliphatic rings. The number of fused-ring (bicyclic) bond motifs is 1. The summed E-state index contributed by atoms with van der Waals surface area (Å²) < 4.78 is 19.7. The third kappa shape index (κ3) is 4.66. The summed E-state index contributed by atoms with van der Waals surface area (Å²) in [6.07, 6.45) is 6.80. The van der Waals surface area contributed by atoms with Crippen LogP contribution in [0.5, 0.6) is 5.75 Å². The predicted molar refractivity (Wildman–Crippen MR) is 107 cm³/mol. The van der Waals surface area contributed by atoms with E-state index in [2.05, 4.69) is 10.9 Å². The number of rotatable bonds is 7. The molecule has 2 N–H and O–H groups in total. The van der Waals surface area contributed by atoms with Crippen molar-refractivity contribution in [1.29, 1.82) is 0 Å². The number of pyridine rings is 1. The number of benzene rings is 1. The SMILES string of the molecule is C#CCN1CCC(CCC(O)c2c(F)cnc3ccc(OC)cc23)C(C(=O)O)C1. The van der Waals surface area contributed by atoms with Crippen LogP contribution in [0.15, 0.2) is 24.4 Å². The number of carboxylic acid groups (broad SMARTS) is 1. The van der Waals surface area contributed by atoms with Gasteiger partial charge in [0.15, 0.2) is 0 Å². The van der Waals surface area contributed by atoms with Crippen LogP contribution in [0.3, 0.4) is 0 Å². The van der Waals surface area contributed by atoms with Gasteiger partial charge in [-0.15, -0.1) is 6.42 Å². The highest BCUT2D eigenvalue weighted by atomic mass is 19.1. The zero-order chi connectivity index (χ0) is 21.0. The van der Waals surface area contributed by atoms with Crippen molar-refractivity contribution in [3.63, 3.8) is 0 Å². The minimum Gasteiger partial charge on any atom is -0.497 e. The minimum atomic E-state index is -1.06. The molecule has 1 fully saturated rings. The number of terminal acetylenes is 1. The van der Waals surface area contributed by atoms with Crippen molar-refractivity contribution in [3.8, 4) is 18.1 Å². The van der Waals surface area contributed by atoms with Gasteiger partial charge in [-0.1, -0.05) is 5.92 Å². The number of halogens is 1. The highest BCUT2D eigenvalue weighted by Crippen LogP contribution is 2.34. The molecule has 154 valence electrons. The summed E-state index contributed by atoms with van der Waals surface area (Å²) in [5, 5.41) is 20.9. The smallest absolute Gasteiger partial charge is 0.308 e. The van der Waals surface area contributed by atoms with Gasteiger partial charge >= 0.3 is 5.97 Å². The summed E-state index contributed by atoms with van der Waals surface area (Å²) in [4.78, 5) is 17.7. The lowest BCUT2D eigenvalue weighted by Crippen LogP contribution is -2.44. The van der Waals surface area contributed by atoms with Crippen LogP contribution in [-0.4, -0.2) is 52.8 Å². The average Bonchev–Trinajstić information content (AvgIpc) is 2.72. The number of aromatic nitrogens is 1. The Balaban J connectivity index is 1.77. The van der Waals surface area contributed by atoms with Crippen LogP contribution in [0.4, 0.5) is 4.39 Å². The first-order valence-corrected chi connectivity index (χ1v) is 9.63. The van der Waals surface area contributed by atoms with Crippen molar-refractivity contribution in [3.05, 3.63) is 35.8 Å². The Morgan fingerprint density at radius 2 is 2.31 bits per heavy atom. The van der Waals surface area contributed by atoms with Gasteiger partial charge in [0.1, 0.15) is 11.6 Å². The first-order valence-electron chi connectivity index (χ1n) is 9.63. The van der Waals surface area contributed by atoms with E-state index in [-0.39, 0.29) is 17.9 Å². The van der Waals surface area contributed by atoms with E-state index < -0.39 is 23.8 Å². The van der Waals surface area contributed by atoms with Crippen LogP contribution in [0.2, 0.25) is 0 Å². The Morgan fingerprint density at radius 3 is 3.00 bits per heavy atom. The number of aliphatic carboxylic acids is 1. The highest BCUT2D eigenvalue weighted by Gasteiger charge is 2.34. The first kappa shape index (κ1) is 21.0. The molecule has 3 unspecified atom stereocenters. The van der Waals surface area contributed by atoms with E-state index >= 15 is 0 Å². The third-order valence-electron chi connectivity index (χ3n) is 5.68. The molecule has 1 aromatic carbocycles. The quantitative estimate of drug-likeness (QED) is 0.696. The molecule has 1 aliphatic heterocycles. The molecular weight excluding hydrogens is 375 g/mol. The van der Waals surface area contributed by atoms with Crippen molar-refractivity contribution in [2.45, 2.75) is 25.4 Å². The van der Waals surface area contributed by atoms with Gasteiger partial charge in [0.2, 0.25) is 0 Å². The standard InChI is InChI=1S/C22H25FN2O4/c1-3-9-25-10-8-14(17(13-25)22(27)28)4-7-20(26)21-16-11-15(29-2)5-6-19(16)24-12-18(21)23/h1,5-6,11-12,14,17,20,26H,4,7-10,13H2,2H3,(H,27,28). The molecule has 29 heavy (non-hydrogen) atoms. The monoisotopic (exact) mass is 400 g/mol. The summed E-state index contributed by atoms with van der Waals surface area (Å²) >= 11 is 0. The molecule has 2 aromatic rings. The summed E-state index contributed by atoms with van der Waals surface area (Å²) in [7, 11) is 1.52. The van der Waals surface area contributed by atoms with Crippen LogP contribution in [0.1, 0.15) is 30.9 Å². The van der Waals surface area contributed by atoms with E-state index in [0.717, 1.165) is 12.7 Å². The minimum absolute atomic E-state index is 0.0955. The Bertz CT molecular complexity index is 927. The molecule has 1 saturated heterocycles. The molecular formula is C22H25FN2O4. The molecule has 1 aromatic heterocycles. The molecule has 7 heteroatoms. The molecule has 0 radical (unpaired) electrons. The maximum atomic E-state index is 14.5. The van der Waals surface area contributed by atoms with E-state index in [4.69, 9.17) is 11.2 Å². The van der Waals surface area contributed by atoms with E-state index in [0.29, 0.717) is 42.6 Å². The highest BCUT2D eigenvalue weighted by molar-refractivity contribution is 5.84. The second-order valence-corrected chi connectivity index (χ2v) is 7.43. The fourth-order valence-corrected chi connectivity index (χ4v) is 4.12. The van der Waals surface area contributed by atoms with Crippen LogP contribution in [0, 0.1) is 30.0 Å². The normalized spacial score (nSPS) is 20.9. The van der Waals surface area contributed by atoms with Gasteiger partial charge in [-0.05, 0) is 49.9 Å². The molecule has 0 amide bonds. The van der Waals surface area contributed by atoms with E-state index in [9.17, 15) is 19.4 Å². The number of carboxylic acids is 1. The van der Waals surface area contributed by atoms with E-state index in [1.54, 1.807) is 18.2 Å². The van der Waals surface area contributed by atoms with Crippen LogP contribution in [0.25, 0.3) is 10.9 Å². The summed E-state index contributed by atoms with van der Waals surface area (Å²) in [5.74, 6) is 0.999. The van der Waals surface area contributed by atoms with Gasteiger partial charge in [0.05, 0.1) is 37.4 Å². The predicted octanol–water partition coefficient (Wildman–Crippen LogP) is 2.85. The Morgan fingerprint density at radius 1 is 1.52 bits per heavy atom. The van der Waals surface area contributed by atoms with Gasteiger partial charge in [-0.3, -0.25) is 14.7 Å². The van der Waals surface area contributed by atoms with Crippen molar-refractivity contribution < 1.29 is 24.1 Å². The number of aliphatic hydroxyl groups excluding tert-OH is 1. The molecule has 6 nitrogen and oxygen atoms in total. The van der Waals surface area contributed by atoms with Crippen molar-refractivity contribution in [2.75, 3.05) is 26.7 Å². The molecule has 0 bridgehead atoms. The van der Waals surface area contributed by atoms with Crippen molar-refractivity contribution in [2.24, 2.45) is 11.8 Å². The molecule has 0 aliphatic carbocycles. The largest absolute Gasteiger partial charge is 0.497 e. The third-order valence-corrected chi connectivity index (χ3v) is 5.68. The molecule has 0 saturated carbocycles. The van der Waals surface area contributed by atoms with Gasteiger partial charge in [0, 0.05) is 17.5 Å². The Labute approximate surface area is 169 Å². The maximum Gasteiger partial charge on any atom is 0.308 e. The lowest BCUT2D eigenvalue weighted by molar-refractivity contribution is -0.146. The number of aliphatic hydroxyl groups is 1. The number of methoxy groups -OCH3 is 1. The van der Waals surface area contributed by atoms with E-state index in [1.165, 1.54) is 7.11 Å². The fraction of sp³-hybridized carbons (Fsp3) is 0.455. The molecule has 3 atom stereocenters. The molecule has 3 rings (SSSR count). The topological polar surface area (TPSA) is 82.9 Å². The van der Waals surface area contributed by atoms with Crippen molar-refractivity contribution >= 4 is 16.9 Å². The van der Waals surface area contributed by atoms with E-state index in [1.807, 2.05) is 4.90 Å². The van der Waals surface area contributed by atoms with Gasteiger partial charge in [0.25, 0.3) is 0 Å². The second kappa shape index (κ2) is 9.21.